The van der Waals surface area contributed by atoms with Gasteiger partial charge in [-0.05, 0) is 39.5 Å². The Kier molecular flexibility index (Phi) is 6.01. The Morgan fingerprint density at radius 2 is 2.05 bits per heavy atom. The fraction of sp³-hybridized carbons (Fsp3) is 0.429. The first-order valence-electron chi connectivity index (χ1n) is 6.20. The molecule has 1 rings (SSSR count). The fourth-order valence-corrected chi connectivity index (χ4v) is 2.30. The summed E-state index contributed by atoms with van der Waals surface area (Å²) in [6, 6.07) is 3.85. The van der Waals surface area contributed by atoms with E-state index in [1.54, 1.807) is 18.2 Å². The van der Waals surface area contributed by atoms with Gasteiger partial charge in [0.1, 0.15) is 5.75 Å². The zero-order valence-corrected chi connectivity index (χ0v) is 13.2. The minimum atomic E-state index is -1.10. The van der Waals surface area contributed by atoms with Crippen LogP contribution in [0.2, 0.25) is 0 Å². The van der Waals surface area contributed by atoms with Gasteiger partial charge in [0.15, 0.2) is 6.04 Å². The molecule has 1 amide bonds. The van der Waals surface area contributed by atoms with E-state index >= 15 is 0 Å². The number of carboxylic acids is 1. The van der Waals surface area contributed by atoms with Gasteiger partial charge in [-0.3, -0.25) is 4.79 Å². The van der Waals surface area contributed by atoms with Crippen molar-refractivity contribution in [1.29, 1.82) is 0 Å². The number of hydrogen-bond donors (Lipinski definition) is 2. The zero-order chi connectivity index (χ0) is 15.3. The minimum Gasteiger partial charge on any atom is -0.496 e. The molecule has 0 saturated heterocycles. The lowest BCUT2D eigenvalue weighted by molar-refractivity contribution is -0.142. The van der Waals surface area contributed by atoms with Gasteiger partial charge in [0.2, 0.25) is 5.91 Å². The summed E-state index contributed by atoms with van der Waals surface area (Å²) in [7, 11) is 1.53. The molecular formula is C14H18BrNO4. The lowest BCUT2D eigenvalue weighted by Crippen LogP contribution is -2.34. The summed E-state index contributed by atoms with van der Waals surface area (Å²) in [5.74, 6) is -0.600. The predicted octanol–water partition coefficient (Wildman–Crippen LogP) is 2.75. The van der Waals surface area contributed by atoms with Gasteiger partial charge in [-0.2, -0.15) is 0 Å². The number of carbonyl (C=O) groups is 2. The maximum atomic E-state index is 11.7. The molecule has 0 bridgehead atoms. The Hall–Kier alpha value is -1.56. The van der Waals surface area contributed by atoms with Crippen molar-refractivity contribution in [3.05, 3.63) is 28.2 Å². The number of aliphatic carboxylic acids is 1. The van der Waals surface area contributed by atoms with Crippen molar-refractivity contribution in [2.45, 2.75) is 26.3 Å². The van der Waals surface area contributed by atoms with Gasteiger partial charge in [0.25, 0.3) is 0 Å². The van der Waals surface area contributed by atoms with Crippen LogP contribution in [0, 0.1) is 5.92 Å². The molecular weight excluding hydrogens is 326 g/mol. The second-order valence-electron chi connectivity index (χ2n) is 4.83. The van der Waals surface area contributed by atoms with Crippen molar-refractivity contribution in [3.63, 3.8) is 0 Å². The highest BCUT2D eigenvalue weighted by atomic mass is 79.9. The van der Waals surface area contributed by atoms with E-state index in [1.807, 2.05) is 13.8 Å². The van der Waals surface area contributed by atoms with Gasteiger partial charge < -0.3 is 15.2 Å². The summed E-state index contributed by atoms with van der Waals surface area (Å²) in [5.41, 5.74) is 0.488. The van der Waals surface area contributed by atoms with Crippen molar-refractivity contribution in [2.75, 3.05) is 7.11 Å². The highest BCUT2D eigenvalue weighted by Crippen LogP contribution is 2.28. The topological polar surface area (TPSA) is 75.6 Å². The molecule has 0 saturated carbocycles. The van der Waals surface area contributed by atoms with Crippen molar-refractivity contribution < 1.29 is 19.4 Å². The first-order chi connectivity index (χ1) is 9.35. The number of ether oxygens (including phenoxy) is 1. The van der Waals surface area contributed by atoms with E-state index in [0.717, 1.165) is 0 Å². The number of benzene rings is 1. The molecule has 0 heterocycles. The largest absolute Gasteiger partial charge is 0.496 e. The van der Waals surface area contributed by atoms with Gasteiger partial charge in [-0.1, -0.05) is 19.9 Å². The Morgan fingerprint density at radius 3 is 2.50 bits per heavy atom. The molecule has 0 radical (unpaired) electrons. The molecule has 1 aromatic rings. The first kappa shape index (κ1) is 16.5. The van der Waals surface area contributed by atoms with E-state index in [9.17, 15) is 14.7 Å². The standard InChI is InChI=1S/C14H18BrNO4/c1-8(2)6-12(17)16-13(14(18)19)9-4-5-11(20-3)10(15)7-9/h4-5,7-8,13H,6H2,1-3H3,(H,16,17)(H,18,19). The maximum absolute atomic E-state index is 11.7. The molecule has 0 spiro atoms. The normalized spacial score (nSPS) is 12.1. The van der Waals surface area contributed by atoms with Crippen molar-refractivity contribution in [1.82, 2.24) is 5.32 Å². The van der Waals surface area contributed by atoms with Crippen molar-refractivity contribution in [3.8, 4) is 5.75 Å². The van der Waals surface area contributed by atoms with Crippen LogP contribution in [-0.4, -0.2) is 24.1 Å². The number of amides is 1. The Labute approximate surface area is 126 Å². The van der Waals surface area contributed by atoms with Gasteiger partial charge in [-0.25, -0.2) is 4.79 Å². The first-order valence-corrected chi connectivity index (χ1v) is 7.00. The molecule has 5 nitrogen and oxygen atoms in total. The smallest absolute Gasteiger partial charge is 0.330 e. The van der Waals surface area contributed by atoms with Crippen molar-refractivity contribution in [2.24, 2.45) is 5.92 Å². The molecule has 0 aliphatic rings. The lowest BCUT2D eigenvalue weighted by Gasteiger charge is -2.16. The average Bonchev–Trinajstić information content (AvgIpc) is 2.34. The third kappa shape index (κ3) is 4.52. The van der Waals surface area contributed by atoms with E-state index in [0.29, 0.717) is 22.2 Å². The van der Waals surface area contributed by atoms with Crippen LogP contribution in [0.25, 0.3) is 0 Å². The van der Waals surface area contributed by atoms with E-state index in [4.69, 9.17) is 4.74 Å². The minimum absolute atomic E-state index is 0.173. The number of rotatable bonds is 6. The number of hydrogen-bond acceptors (Lipinski definition) is 3. The number of nitrogens with one attached hydrogen (secondary N) is 1. The summed E-state index contributed by atoms with van der Waals surface area (Å²) >= 11 is 3.30. The Bertz CT molecular complexity index is 502. The second-order valence-corrected chi connectivity index (χ2v) is 5.69. The van der Waals surface area contributed by atoms with E-state index in [-0.39, 0.29) is 11.8 Å². The van der Waals surface area contributed by atoms with Crippen LogP contribution in [0.4, 0.5) is 0 Å². The number of halogens is 1. The molecule has 0 aliphatic carbocycles. The summed E-state index contributed by atoms with van der Waals surface area (Å²) in [6.07, 6.45) is 0.293. The van der Waals surface area contributed by atoms with Crippen LogP contribution in [0.1, 0.15) is 31.9 Å². The zero-order valence-electron chi connectivity index (χ0n) is 11.6. The molecule has 1 atom stereocenters. The molecule has 0 aromatic heterocycles. The number of carbonyl (C=O) groups excluding carboxylic acids is 1. The molecule has 6 heteroatoms. The van der Waals surface area contributed by atoms with Gasteiger partial charge in [0.05, 0.1) is 11.6 Å². The van der Waals surface area contributed by atoms with Crippen LogP contribution in [0.5, 0.6) is 5.75 Å². The van der Waals surface area contributed by atoms with Crippen LogP contribution < -0.4 is 10.1 Å². The molecule has 110 valence electrons. The van der Waals surface area contributed by atoms with Gasteiger partial charge in [0, 0.05) is 6.42 Å². The van der Waals surface area contributed by atoms with Crippen LogP contribution in [-0.2, 0) is 9.59 Å². The lowest BCUT2D eigenvalue weighted by atomic mass is 10.1. The quantitative estimate of drug-likeness (QED) is 0.832. The summed E-state index contributed by atoms with van der Waals surface area (Å²) < 4.78 is 5.73. The van der Waals surface area contributed by atoms with Gasteiger partial charge >= 0.3 is 5.97 Å². The SMILES string of the molecule is COc1ccc(C(NC(=O)CC(C)C)C(=O)O)cc1Br. The summed E-state index contributed by atoms with van der Waals surface area (Å²) in [4.78, 5) is 23.1. The average molecular weight is 344 g/mol. The highest BCUT2D eigenvalue weighted by molar-refractivity contribution is 9.10. The van der Waals surface area contributed by atoms with Crippen LogP contribution >= 0.6 is 15.9 Å². The van der Waals surface area contributed by atoms with Crippen molar-refractivity contribution >= 4 is 27.8 Å². The van der Waals surface area contributed by atoms with E-state index in [1.165, 1.54) is 7.11 Å². The molecule has 1 unspecified atom stereocenters. The molecule has 2 N–H and O–H groups in total. The summed E-state index contributed by atoms with van der Waals surface area (Å²) in [6.45, 7) is 3.80. The van der Waals surface area contributed by atoms with Gasteiger partial charge in [-0.15, -0.1) is 0 Å². The maximum Gasteiger partial charge on any atom is 0.330 e. The predicted molar refractivity (Wildman–Crippen MR) is 78.7 cm³/mol. The molecule has 20 heavy (non-hydrogen) atoms. The molecule has 1 aromatic carbocycles. The second kappa shape index (κ2) is 7.28. The Morgan fingerprint density at radius 1 is 1.40 bits per heavy atom. The molecule has 0 aliphatic heterocycles. The Balaban J connectivity index is 2.94. The van der Waals surface area contributed by atoms with Crippen LogP contribution in [0.3, 0.4) is 0 Å². The van der Waals surface area contributed by atoms with Crippen LogP contribution in [0.15, 0.2) is 22.7 Å². The third-order valence-electron chi connectivity index (χ3n) is 2.66. The number of carboxylic acid groups (broad SMARTS) is 1. The summed E-state index contributed by atoms with van der Waals surface area (Å²) in [5, 5.41) is 11.8. The monoisotopic (exact) mass is 343 g/mol. The molecule has 0 fully saturated rings. The third-order valence-corrected chi connectivity index (χ3v) is 3.27. The fourth-order valence-electron chi connectivity index (χ4n) is 1.74. The van der Waals surface area contributed by atoms with E-state index in [2.05, 4.69) is 21.2 Å². The van der Waals surface area contributed by atoms with E-state index < -0.39 is 12.0 Å². The highest BCUT2D eigenvalue weighted by Gasteiger charge is 2.23. The number of methoxy groups -OCH3 is 1.